The van der Waals surface area contributed by atoms with Crippen LogP contribution >= 0.6 is 50.1 Å². The van der Waals surface area contributed by atoms with E-state index in [-0.39, 0.29) is 0 Å². The van der Waals surface area contributed by atoms with Gasteiger partial charge in [-0.3, -0.25) is 4.98 Å². The molecule has 0 N–H and O–H groups in total. The fourth-order valence-corrected chi connectivity index (χ4v) is 3.85. The van der Waals surface area contributed by atoms with E-state index < -0.39 is 0 Å². The molecular formula is C14H12BrClIN3. The smallest absolute Gasteiger partial charge is 0.181 e. The number of hydrogen-bond donors (Lipinski definition) is 0. The van der Waals surface area contributed by atoms with E-state index >= 15 is 0 Å². The zero-order chi connectivity index (χ0) is 14.1. The zero-order valence-electron chi connectivity index (χ0n) is 10.6. The molecule has 6 heteroatoms. The second kappa shape index (κ2) is 6.23. The molecule has 0 atom stereocenters. The largest absolute Gasteiger partial charge is 0.252 e. The van der Waals surface area contributed by atoms with Crippen molar-refractivity contribution in [1.82, 2.24) is 15.0 Å². The Hall–Kier alpha value is -0.270. The van der Waals surface area contributed by atoms with Crippen molar-refractivity contribution in [3.8, 4) is 11.5 Å². The lowest BCUT2D eigenvalue weighted by atomic mass is 10.0. The molecule has 3 rings (SSSR count). The Morgan fingerprint density at radius 1 is 1.25 bits per heavy atom. The van der Waals surface area contributed by atoms with E-state index in [2.05, 4.69) is 48.5 Å². The van der Waals surface area contributed by atoms with Crippen molar-refractivity contribution in [2.75, 3.05) is 0 Å². The van der Waals surface area contributed by atoms with E-state index in [1.807, 2.05) is 12.1 Å². The van der Waals surface area contributed by atoms with Crippen molar-refractivity contribution >= 4 is 50.1 Å². The van der Waals surface area contributed by atoms with Crippen LogP contribution in [0.1, 0.15) is 37.3 Å². The van der Waals surface area contributed by atoms with E-state index in [0.29, 0.717) is 16.9 Å². The highest BCUT2D eigenvalue weighted by Gasteiger charge is 2.24. The highest BCUT2D eigenvalue weighted by molar-refractivity contribution is 14.1. The van der Waals surface area contributed by atoms with Crippen molar-refractivity contribution in [2.24, 2.45) is 0 Å². The third-order valence-electron chi connectivity index (χ3n) is 3.55. The van der Waals surface area contributed by atoms with Crippen molar-refractivity contribution < 1.29 is 0 Å². The molecule has 0 amide bonds. The summed E-state index contributed by atoms with van der Waals surface area (Å²) in [6.45, 7) is 0. The molecule has 0 radical (unpaired) electrons. The first-order valence-corrected chi connectivity index (χ1v) is 8.75. The zero-order valence-corrected chi connectivity index (χ0v) is 15.1. The average molecular weight is 465 g/mol. The van der Waals surface area contributed by atoms with E-state index in [1.54, 1.807) is 6.20 Å². The minimum Gasteiger partial charge on any atom is -0.252 e. The fraction of sp³-hybridized carbons (Fsp3) is 0.357. The van der Waals surface area contributed by atoms with Crippen LogP contribution in [0.2, 0.25) is 5.15 Å². The highest BCUT2D eigenvalue weighted by atomic mass is 127. The Labute approximate surface area is 144 Å². The molecule has 0 aliphatic heterocycles. The van der Waals surface area contributed by atoms with Gasteiger partial charge in [-0.25, -0.2) is 9.97 Å². The maximum atomic E-state index is 6.30. The van der Waals surface area contributed by atoms with Gasteiger partial charge >= 0.3 is 0 Å². The summed E-state index contributed by atoms with van der Waals surface area (Å²) in [6, 6.07) is 3.81. The van der Waals surface area contributed by atoms with Crippen molar-refractivity contribution in [1.29, 1.82) is 0 Å². The van der Waals surface area contributed by atoms with Gasteiger partial charge in [-0.1, -0.05) is 24.4 Å². The highest BCUT2D eigenvalue weighted by Crippen LogP contribution is 2.38. The monoisotopic (exact) mass is 463 g/mol. The van der Waals surface area contributed by atoms with Crippen LogP contribution in [0.4, 0.5) is 0 Å². The minimum atomic E-state index is 0.503. The maximum absolute atomic E-state index is 6.30. The van der Waals surface area contributed by atoms with Crippen LogP contribution in [0.3, 0.4) is 0 Å². The number of aromatic nitrogens is 3. The first-order valence-electron chi connectivity index (χ1n) is 6.50. The van der Waals surface area contributed by atoms with Gasteiger partial charge in [0.1, 0.15) is 10.8 Å². The molecule has 2 heterocycles. The predicted molar refractivity (Wildman–Crippen MR) is 91.9 cm³/mol. The molecule has 0 bridgehead atoms. The lowest BCUT2D eigenvalue weighted by Crippen LogP contribution is -2.05. The van der Waals surface area contributed by atoms with Crippen LogP contribution in [-0.4, -0.2) is 15.0 Å². The lowest BCUT2D eigenvalue weighted by molar-refractivity contribution is 0.690. The number of nitrogens with zero attached hydrogens (tertiary/aromatic N) is 3. The molecule has 1 fully saturated rings. The molecule has 1 aliphatic carbocycles. The van der Waals surface area contributed by atoms with Gasteiger partial charge in [-0.05, 0) is 63.5 Å². The Bertz CT molecular complexity index is 644. The van der Waals surface area contributed by atoms with Gasteiger partial charge < -0.3 is 0 Å². The summed E-state index contributed by atoms with van der Waals surface area (Å²) in [5.74, 6) is 1.11. The number of pyridine rings is 1. The molecule has 104 valence electrons. The molecule has 2 aromatic heterocycles. The maximum Gasteiger partial charge on any atom is 0.181 e. The minimum absolute atomic E-state index is 0.503. The molecule has 1 saturated carbocycles. The van der Waals surface area contributed by atoms with E-state index in [9.17, 15) is 0 Å². The van der Waals surface area contributed by atoms with Gasteiger partial charge in [0.2, 0.25) is 0 Å². The Balaban J connectivity index is 2.11. The van der Waals surface area contributed by atoms with Gasteiger partial charge in [0.25, 0.3) is 0 Å². The molecule has 1 aliphatic rings. The van der Waals surface area contributed by atoms with Gasteiger partial charge in [-0.15, -0.1) is 0 Å². The Morgan fingerprint density at radius 2 is 2.00 bits per heavy atom. The topological polar surface area (TPSA) is 38.7 Å². The first kappa shape index (κ1) is 14.7. The van der Waals surface area contributed by atoms with Gasteiger partial charge in [-0.2, -0.15) is 0 Å². The van der Waals surface area contributed by atoms with Gasteiger partial charge in [0, 0.05) is 16.6 Å². The van der Waals surface area contributed by atoms with Crippen LogP contribution in [0.25, 0.3) is 11.5 Å². The van der Waals surface area contributed by atoms with Gasteiger partial charge in [0.05, 0.1) is 9.26 Å². The Kier molecular flexibility index (Phi) is 4.57. The van der Waals surface area contributed by atoms with E-state index in [0.717, 1.165) is 19.4 Å². The van der Waals surface area contributed by atoms with Crippen LogP contribution < -0.4 is 0 Å². The van der Waals surface area contributed by atoms with Crippen molar-refractivity contribution in [2.45, 2.75) is 31.6 Å². The van der Waals surface area contributed by atoms with Crippen LogP contribution in [-0.2, 0) is 0 Å². The van der Waals surface area contributed by atoms with Crippen molar-refractivity contribution in [3.05, 3.63) is 37.2 Å². The van der Waals surface area contributed by atoms with Crippen LogP contribution in [0.5, 0.6) is 0 Å². The molecule has 0 unspecified atom stereocenters. The number of halogens is 3. The number of rotatable bonds is 2. The second-order valence-corrected chi connectivity index (χ2v) is 7.14. The van der Waals surface area contributed by atoms with E-state index in [4.69, 9.17) is 16.6 Å². The molecule has 3 nitrogen and oxygen atoms in total. The summed E-state index contributed by atoms with van der Waals surface area (Å²) in [7, 11) is 0. The summed E-state index contributed by atoms with van der Waals surface area (Å²) >= 11 is 12.0. The first-order chi connectivity index (χ1) is 9.66. The Morgan fingerprint density at radius 3 is 2.70 bits per heavy atom. The molecule has 0 saturated heterocycles. The normalized spacial score (nSPS) is 15.8. The van der Waals surface area contributed by atoms with Crippen LogP contribution in [0.15, 0.2) is 22.8 Å². The lowest BCUT2D eigenvalue weighted by Gasteiger charge is -2.13. The summed E-state index contributed by atoms with van der Waals surface area (Å²) in [6.07, 6.45) is 6.65. The summed E-state index contributed by atoms with van der Waals surface area (Å²) in [5.41, 5.74) is 1.82. The average Bonchev–Trinajstić information content (AvgIpc) is 2.96. The second-order valence-electron chi connectivity index (χ2n) is 4.85. The van der Waals surface area contributed by atoms with Gasteiger partial charge in [0.15, 0.2) is 5.82 Å². The van der Waals surface area contributed by atoms with Crippen LogP contribution in [0, 0.1) is 3.57 Å². The SMILES string of the molecule is Clc1nc(-c2ncccc2Br)nc(C2CCCC2)c1I. The van der Waals surface area contributed by atoms with E-state index in [1.165, 1.54) is 25.7 Å². The number of hydrogen-bond acceptors (Lipinski definition) is 3. The quantitative estimate of drug-likeness (QED) is 0.452. The standard InChI is InChI=1S/C14H12BrClIN3/c15-9-6-3-7-18-12(9)14-19-11(8-4-1-2-5-8)10(17)13(16)20-14/h3,6-8H,1-2,4-5H2. The molecule has 20 heavy (non-hydrogen) atoms. The summed E-state index contributed by atoms with van der Waals surface area (Å²) in [5, 5.41) is 0.523. The van der Waals surface area contributed by atoms with Crippen molar-refractivity contribution in [3.63, 3.8) is 0 Å². The predicted octanol–water partition coefficient (Wildman–Crippen LogP) is 5.22. The molecule has 0 spiro atoms. The third-order valence-corrected chi connectivity index (χ3v) is 5.84. The molecule has 2 aromatic rings. The summed E-state index contributed by atoms with van der Waals surface area (Å²) < 4.78 is 1.86. The third kappa shape index (κ3) is 2.85. The fourth-order valence-electron chi connectivity index (χ4n) is 2.56. The molecule has 0 aromatic carbocycles. The molecular weight excluding hydrogens is 452 g/mol. The summed E-state index contributed by atoms with van der Waals surface area (Å²) in [4.78, 5) is 13.5.